The van der Waals surface area contributed by atoms with Gasteiger partial charge in [-0.25, -0.2) is 0 Å². The normalized spacial score (nSPS) is 7.00. The topological polar surface area (TPSA) is 57.5 Å². The Morgan fingerprint density at radius 3 is 1.60 bits per heavy atom. The molecule has 0 aromatic carbocycles. The van der Waals surface area contributed by atoms with Crippen LogP contribution in [0.1, 0.15) is 2.85 Å². The van der Waals surface area contributed by atoms with E-state index in [9.17, 15) is 0 Å². The Morgan fingerprint density at radius 1 is 1.60 bits per heavy atom. The summed E-state index contributed by atoms with van der Waals surface area (Å²) >= 11 is -3.61. The minimum atomic E-state index is -3.61. The first-order valence-electron chi connectivity index (χ1n) is 0.532. The van der Waals surface area contributed by atoms with E-state index in [2.05, 4.69) is 0 Å². The molecule has 0 atom stereocenters. The smallest absolute Gasteiger partial charge is 1.00 e. The van der Waals surface area contributed by atoms with Gasteiger partial charge in [-0.15, -0.1) is 0 Å². The molecule has 0 aromatic rings. The van der Waals surface area contributed by atoms with Crippen molar-refractivity contribution < 1.29 is 12.9 Å². The van der Waals surface area contributed by atoms with E-state index in [0.717, 1.165) is 0 Å². The predicted molar refractivity (Wildman–Crippen MR) is 18.9 cm³/mol. The molecule has 5 heavy (non-hydrogen) atoms. The second-order valence-corrected chi connectivity index (χ2v) is 1.55. The van der Waals surface area contributed by atoms with Gasteiger partial charge in [0, 0.05) is 0 Å². The molecule has 0 rings (SSSR count). The van der Waals surface area contributed by atoms with Crippen LogP contribution >= 0.6 is 0 Å². The van der Waals surface area contributed by atoms with E-state index in [0.29, 0.717) is 0 Å². The number of hydrogen-bond acceptors (Lipinski definition) is 1. The van der Waals surface area contributed by atoms with Gasteiger partial charge >= 0.3 is 68.1 Å². The van der Waals surface area contributed by atoms with Gasteiger partial charge in [0.1, 0.15) is 0 Å². The van der Waals surface area contributed by atoms with Gasteiger partial charge in [-0.05, 0) is 0 Å². The first kappa shape index (κ1) is 9.91. The van der Waals surface area contributed by atoms with Gasteiger partial charge in [-0.2, -0.15) is 0 Å². The van der Waals surface area contributed by atoms with Crippen LogP contribution in [-0.4, -0.2) is 65.0 Å². The fourth-order valence-corrected chi connectivity index (χ4v) is 0. The minimum Gasteiger partial charge on any atom is -1.00 e. The molecular formula is H4CaO3Te. The maximum absolute atomic E-state index is 8.81. The van der Waals surface area contributed by atoms with Crippen molar-refractivity contribution in [3.05, 3.63) is 0 Å². The third-order valence-corrected chi connectivity index (χ3v) is 0. The molecule has 0 spiro atoms. The largest absolute Gasteiger partial charge is 2.00 e. The van der Waals surface area contributed by atoms with Crippen molar-refractivity contribution in [3.8, 4) is 0 Å². The summed E-state index contributed by atoms with van der Waals surface area (Å²) < 4.78 is 23.3. The maximum atomic E-state index is 8.81. The van der Waals surface area contributed by atoms with Gasteiger partial charge in [0.05, 0.1) is 0 Å². The quantitative estimate of drug-likeness (QED) is 0.475. The molecule has 30 valence electrons. The van der Waals surface area contributed by atoms with Crippen LogP contribution in [0.2, 0.25) is 0 Å². The molecule has 3 nitrogen and oxygen atoms in total. The van der Waals surface area contributed by atoms with Crippen molar-refractivity contribution >= 4 is 58.1 Å². The molecule has 0 unspecified atom stereocenters. The molecule has 0 bridgehead atoms. The fourth-order valence-electron chi connectivity index (χ4n) is 0. The maximum Gasteiger partial charge on any atom is 2.00 e. The second-order valence-electron chi connectivity index (χ2n) is 0.231. The van der Waals surface area contributed by atoms with Crippen molar-refractivity contribution in [1.82, 2.24) is 0 Å². The average molecular weight is 220 g/mol. The molecular weight excluding hydrogens is 216 g/mol. The van der Waals surface area contributed by atoms with Crippen molar-refractivity contribution in [1.29, 1.82) is 0 Å². The predicted octanol–water partition coefficient (Wildman–Crippen LogP) is -1.77. The van der Waals surface area contributed by atoms with Gasteiger partial charge in [0.15, 0.2) is 0 Å². The first-order valence-corrected chi connectivity index (χ1v) is 3.57. The number of rotatable bonds is 0. The van der Waals surface area contributed by atoms with Gasteiger partial charge < -0.3 is 2.85 Å². The zero-order chi connectivity index (χ0) is 3.58. The molecule has 0 saturated heterocycles. The summed E-state index contributed by atoms with van der Waals surface area (Å²) in [6, 6.07) is 0. The third-order valence-electron chi connectivity index (χ3n) is 0. The van der Waals surface area contributed by atoms with Gasteiger partial charge in [-0.1, -0.05) is 0 Å². The molecule has 0 aliphatic heterocycles. The van der Waals surface area contributed by atoms with E-state index in [4.69, 9.17) is 10.0 Å². The zero-order valence-corrected chi connectivity index (χ0v) is 6.96. The fraction of sp³-hybridized carbons (Fsp3) is 0. The Morgan fingerprint density at radius 2 is 1.60 bits per heavy atom. The molecule has 0 amide bonds. The Labute approximate surface area is 70.1 Å². The molecule has 0 fully saturated rings. The summed E-state index contributed by atoms with van der Waals surface area (Å²) in [6.07, 6.45) is 0. The van der Waals surface area contributed by atoms with Crippen LogP contribution in [0.3, 0.4) is 0 Å². The summed E-state index contributed by atoms with van der Waals surface area (Å²) in [5, 5.41) is 0. The van der Waals surface area contributed by atoms with Crippen molar-refractivity contribution in [2.24, 2.45) is 0 Å². The summed E-state index contributed by atoms with van der Waals surface area (Å²) in [6.45, 7) is 0. The van der Waals surface area contributed by atoms with Gasteiger partial charge in [0.25, 0.3) is 0 Å². The van der Waals surface area contributed by atoms with Crippen molar-refractivity contribution in [2.45, 2.75) is 0 Å². The first-order chi connectivity index (χ1) is 1.73. The summed E-state index contributed by atoms with van der Waals surface area (Å²) in [5.74, 6) is 0. The molecule has 0 aliphatic carbocycles. The molecule has 2 N–H and O–H groups in total. The van der Waals surface area contributed by atoms with Crippen LogP contribution in [0.4, 0.5) is 0 Å². The van der Waals surface area contributed by atoms with Crippen LogP contribution in [0.25, 0.3) is 0 Å². The van der Waals surface area contributed by atoms with E-state index >= 15 is 0 Å². The van der Waals surface area contributed by atoms with Crippen LogP contribution < -0.4 is 0 Å². The van der Waals surface area contributed by atoms with Gasteiger partial charge in [-0.3, -0.25) is 0 Å². The van der Waals surface area contributed by atoms with E-state index in [1.807, 2.05) is 0 Å². The third kappa shape index (κ3) is 26.2. The molecule has 0 saturated carbocycles. The average Bonchev–Trinajstić information content (AvgIpc) is 0.811. The minimum absolute atomic E-state index is 0. The molecule has 5 heteroatoms. The Kier molecular flexibility index (Phi) is 11.4. The standard InChI is InChI=1S/Ca.H2O3Te.2H/c;1-4(2)3;;/h;(H2,1,2,3);;/q+2;;2*-1. The molecule has 0 radical (unpaired) electrons. The van der Waals surface area contributed by atoms with E-state index in [1.165, 1.54) is 0 Å². The Bertz CT molecular complexity index is 35.9. The van der Waals surface area contributed by atoms with Crippen LogP contribution in [0.5, 0.6) is 0 Å². The monoisotopic (exact) mass is 222 g/mol. The van der Waals surface area contributed by atoms with Crippen LogP contribution in [-0.2, 0) is 3.10 Å². The second kappa shape index (κ2) is 5.77. The van der Waals surface area contributed by atoms with Crippen molar-refractivity contribution in [3.63, 3.8) is 0 Å². The Balaban J connectivity index is -0.0000000150. The van der Waals surface area contributed by atoms with Crippen LogP contribution in [0, 0.1) is 0 Å². The number of hydrogen-bond donors (Lipinski definition) is 2. The summed E-state index contributed by atoms with van der Waals surface area (Å²) in [4.78, 5) is 0. The van der Waals surface area contributed by atoms with E-state index in [1.54, 1.807) is 0 Å². The molecule has 0 heterocycles. The van der Waals surface area contributed by atoms with E-state index < -0.39 is 20.4 Å². The Hall–Kier alpha value is 1.77. The van der Waals surface area contributed by atoms with Crippen LogP contribution in [0.15, 0.2) is 0 Å². The summed E-state index contributed by atoms with van der Waals surface area (Å²) in [7, 11) is 0. The SMILES string of the molecule is O=[Te](O)O.[Ca+2].[H-].[H-]. The summed E-state index contributed by atoms with van der Waals surface area (Å²) in [5.41, 5.74) is 0. The molecule has 0 aromatic heterocycles. The van der Waals surface area contributed by atoms with Crippen molar-refractivity contribution in [2.75, 3.05) is 0 Å². The molecule has 0 aliphatic rings. The van der Waals surface area contributed by atoms with Gasteiger partial charge in [0.2, 0.25) is 0 Å². The van der Waals surface area contributed by atoms with E-state index in [-0.39, 0.29) is 40.6 Å². The zero-order valence-electron chi connectivity index (χ0n) is 4.42.